The van der Waals surface area contributed by atoms with E-state index in [1.807, 2.05) is 0 Å². The van der Waals surface area contributed by atoms with Crippen LogP contribution in [-0.4, -0.2) is 23.4 Å². The highest BCUT2D eigenvalue weighted by Gasteiger charge is 2.57. The SMILES string of the molecule is COc1ccc(C(O)(c2ccccn2)C(F)(F)F)cc1. The van der Waals surface area contributed by atoms with Crippen LogP contribution in [0.2, 0.25) is 0 Å². The van der Waals surface area contributed by atoms with Gasteiger partial charge in [-0.25, -0.2) is 0 Å². The molecular formula is C14H12F3NO2. The van der Waals surface area contributed by atoms with Crippen molar-refractivity contribution in [2.75, 3.05) is 7.11 Å². The molecule has 1 heterocycles. The van der Waals surface area contributed by atoms with Crippen LogP contribution in [0, 0.1) is 0 Å². The number of hydrogen-bond acceptors (Lipinski definition) is 3. The molecule has 0 radical (unpaired) electrons. The Hall–Kier alpha value is -2.08. The molecule has 1 aromatic heterocycles. The van der Waals surface area contributed by atoms with Crippen LogP contribution in [0.15, 0.2) is 48.7 Å². The van der Waals surface area contributed by atoms with E-state index < -0.39 is 17.5 Å². The molecule has 1 N–H and O–H groups in total. The summed E-state index contributed by atoms with van der Waals surface area (Å²) in [6.07, 6.45) is -3.69. The van der Waals surface area contributed by atoms with Crippen molar-refractivity contribution in [1.29, 1.82) is 0 Å². The first-order chi connectivity index (χ1) is 9.39. The molecule has 1 aromatic carbocycles. The number of benzene rings is 1. The normalized spacial score (nSPS) is 14.7. The summed E-state index contributed by atoms with van der Waals surface area (Å²) in [6, 6.07) is 9.06. The molecule has 106 valence electrons. The Labute approximate surface area is 113 Å². The van der Waals surface area contributed by atoms with Crippen molar-refractivity contribution in [2.45, 2.75) is 11.8 Å². The fourth-order valence-corrected chi connectivity index (χ4v) is 1.87. The van der Waals surface area contributed by atoms with E-state index >= 15 is 0 Å². The van der Waals surface area contributed by atoms with Gasteiger partial charge in [-0.05, 0) is 29.8 Å². The molecular weight excluding hydrogens is 271 g/mol. The number of aliphatic hydroxyl groups is 1. The maximum absolute atomic E-state index is 13.3. The molecule has 0 fully saturated rings. The van der Waals surface area contributed by atoms with Crippen LogP contribution in [0.4, 0.5) is 13.2 Å². The van der Waals surface area contributed by atoms with Crippen molar-refractivity contribution >= 4 is 0 Å². The zero-order valence-electron chi connectivity index (χ0n) is 10.6. The van der Waals surface area contributed by atoms with Crippen molar-refractivity contribution in [2.24, 2.45) is 0 Å². The third-order valence-electron chi connectivity index (χ3n) is 2.95. The number of hydrogen-bond donors (Lipinski definition) is 1. The van der Waals surface area contributed by atoms with E-state index in [0.29, 0.717) is 5.75 Å². The Kier molecular flexibility index (Phi) is 3.67. The van der Waals surface area contributed by atoms with E-state index in [1.165, 1.54) is 49.7 Å². The van der Waals surface area contributed by atoms with Gasteiger partial charge >= 0.3 is 6.18 Å². The first-order valence-corrected chi connectivity index (χ1v) is 5.74. The summed E-state index contributed by atoms with van der Waals surface area (Å²) < 4.78 is 44.9. The fourth-order valence-electron chi connectivity index (χ4n) is 1.87. The minimum absolute atomic E-state index is 0.315. The standard InChI is InChI=1S/C14H12F3NO2/c1-20-11-7-5-10(6-8-11)13(19,14(15,16)17)12-4-2-3-9-18-12/h2-9,19H,1H3. The molecule has 1 atom stereocenters. The van der Waals surface area contributed by atoms with Crippen molar-refractivity contribution in [3.63, 3.8) is 0 Å². The smallest absolute Gasteiger partial charge is 0.427 e. The molecule has 0 bridgehead atoms. The van der Waals surface area contributed by atoms with Gasteiger partial charge in [-0.15, -0.1) is 0 Å². The topological polar surface area (TPSA) is 42.4 Å². The number of nitrogens with zero attached hydrogens (tertiary/aromatic N) is 1. The predicted octanol–water partition coefficient (Wildman–Crippen LogP) is 2.89. The van der Waals surface area contributed by atoms with E-state index in [0.717, 1.165) is 6.07 Å². The van der Waals surface area contributed by atoms with Gasteiger partial charge in [-0.3, -0.25) is 4.98 Å². The number of methoxy groups -OCH3 is 1. The number of halogens is 3. The monoisotopic (exact) mass is 283 g/mol. The lowest BCUT2D eigenvalue weighted by molar-refractivity contribution is -0.249. The second-order valence-corrected chi connectivity index (χ2v) is 4.15. The summed E-state index contributed by atoms with van der Waals surface area (Å²) in [7, 11) is 1.41. The minimum Gasteiger partial charge on any atom is -0.497 e. The Morgan fingerprint density at radius 2 is 1.70 bits per heavy atom. The molecule has 2 aromatic rings. The molecule has 3 nitrogen and oxygen atoms in total. The van der Waals surface area contributed by atoms with Crippen LogP contribution in [0.3, 0.4) is 0 Å². The molecule has 0 saturated carbocycles. The van der Waals surface area contributed by atoms with Gasteiger partial charge in [-0.1, -0.05) is 18.2 Å². The van der Waals surface area contributed by atoms with Crippen LogP contribution in [0.25, 0.3) is 0 Å². The minimum atomic E-state index is -4.89. The third kappa shape index (κ3) is 2.34. The van der Waals surface area contributed by atoms with Crippen molar-refractivity contribution in [3.05, 3.63) is 59.9 Å². The van der Waals surface area contributed by atoms with Crippen molar-refractivity contribution in [3.8, 4) is 5.75 Å². The van der Waals surface area contributed by atoms with Gasteiger partial charge in [0, 0.05) is 6.20 Å². The number of pyridine rings is 1. The molecule has 1 unspecified atom stereocenters. The van der Waals surface area contributed by atoms with Crippen LogP contribution in [-0.2, 0) is 5.60 Å². The molecule has 6 heteroatoms. The molecule has 0 amide bonds. The van der Waals surface area contributed by atoms with Crippen molar-refractivity contribution in [1.82, 2.24) is 4.98 Å². The average molecular weight is 283 g/mol. The largest absolute Gasteiger partial charge is 0.497 e. The highest BCUT2D eigenvalue weighted by molar-refractivity contribution is 5.37. The van der Waals surface area contributed by atoms with Gasteiger partial charge in [0.25, 0.3) is 0 Å². The summed E-state index contributed by atoms with van der Waals surface area (Å²) in [5.41, 5.74) is -3.94. The first kappa shape index (κ1) is 14.3. The molecule has 0 saturated heterocycles. The summed E-state index contributed by atoms with van der Waals surface area (Å²) >= 11 is 0. The van der Waals surface area contributed by atoms with Gasteiger partial charge in [-0.2, -0.15) is 13.2 Å². The Morgan fingerprint density at radius 3 is 2.15 bits per heavy atom. The third-order valence-corrected chi connectivity index (χ3v) is 2.95. The predicted molar refractivity (Wildman–Crippen MR) is 66.3 cm³/mol. The van der Waals surface area contributed by atoms with Crippen LogP contribution in [0.1, 0.15) is 11.3 Å². The summed E-state index contributed by atoms with van der Waals surface area (Å²) in [5.74, 6) is 0.402. The highest BCUT2D eigenvalue weighted by Crippen LogP contribution is 2.43. The Morgan fingerprint density at radius 1 is 1.05 bits per heavy atom. The summed E-state index contributed by atoms with van der Waals surface area (Å²) in [6.45, 7) is 0. The van der Waals surface area contributed by atoms with E-state index in [4.69, 9.17) is 4.74 Å². The lowest BCUT2D eigenvalue weighted by Gasteiger charge is -2.30. The van der Waals surface area contributed by atoms with E-state index in [9.17, 15) is 18.3 Å². The van der Waals surface area contributed by atoms with Crippen LogP contribution < -0.4 is 4.74 Å². The fraction of sp³-hybridized carbons (Fsp3) is 0.214. The number of aromatic nitrogens is 1. The van der Waals surface area contributed by atoms with E-state index in [-0.39, 0.29) is 5.56 Å². The van der Waals surface area contributed by atoms with Crippen molar-refractivity contribution < 1.29 is 23.0 Å². The van der Waals surface area contributed by atoms with E-state index in [1.54, 1.807) is 0 Å². The van der Waals surface area contributed by atoms with Gasteiger partial charge in [0.05, 0.1) is 12.8 Å². The molecule has 0 aliphatic carbocycles. The molecule has 0 aliphatic rings. The maximum Gasteiger partial charge on any atom is 0.427 e. The van der Waals surface area contributed by atoms with Crippen LogP contribution >= 0.6 is 0 Å². The van der Waals surface area contributed by atoms with E-state index in [2.05, 4.69) is 4.98 Å². The summed E-state index contributed by atoms with van der Waals surface area (Å²) in [5, 5.41) is 10.2. The summed E-state index contributed by atoms with van der Waals surface area (Å²) in [4.78, 5) is 3.64. The second kappa shape index (κ2) is 5.13. The molecule has 20 heavy (non-hydrogen) atoms. The van der Waals surface area contributed by atoms with Gasteiger partial charge in [0.2, 0.25) is 5.60 Å². The van der Waals surface area contributed by atoms with Gasteiger partial charge < -0.3 is 9.84 Å². The number of ether oxygens (including phenoxy) is 1. The molecule has 0 aliphatic heterocycles. The Balaban J connectivity index is 2.58. The highest BCUT2D eigenvalue weighted by atomic mass is 19.4. The Bertz CT molecular complexity index is 569. The molecule has 0 spiro atoms. The van der Waals surface area contributed by atoms with Gasteiger partial charge in [0.1, 0.15) is 5.75 Å². The van der Waals surface area contributed by atoms with Crippen LogP contribution in [0.5, 0.6) is 5.75 Å². The average Bonchev–Trinajstić information content (AvgIpc) is 2.46. The lowest BCUT2D eigenvalue weighted by atomic mass is 9.89. The van der Waals surface area contributed by atoms with Gasteiger partial charge in [0.15, 0.2) is 0 Å². The molecule has 2 rings (SSSR count). The zero-order valence-corrected chi connectivity index (χ0v) is 10.6. The second-order valence-electron chi connectivity index (χ2n) is 4.15. The maximum atomic E-state index is 13.3. The number of alkyl halides is 3. The number of rotatable bonds is 3. The first-order valence-electron chi connectivity index (χ1n) is 5.74. The zero-order chi connectivity index (χ0) is 14.8. The quantitative estimate of drug-likeness (QED) is 0.941. The lowest BCUT2D eigenvalue weighted by Crippen LogP contribution is -2.44.